The van der Waals surface area contributed by atoms with Crippen LogP contribution < -0.4 is 0 Å². The molecule has 3 heteroatoms. The fourth-order valence-corrected chi connectivity index (χ4v) is 1.85. The average Bonchev–Trinajstić information content (AvgIpc) is 2.28. The first kappa shape index (κ1) is 11.5. The predicted octanol–water partition coefficient (Wildman–Crippen LogP) is 3.09. The highest BCUT2D eigenvalue weighted by Crippen LogP contribution is 2.35. The standard InChI is InChI=1S/C14H14O3/c1-8(2)13(16)10-7-6-9-4-3-5-11(15)12(9)14(10)17/h3-8,15,17H,1-2H3. The lowest BCUT2D eigenvalue weighted by molar-refractivity contribution is 0.0937. The van der Waals surface area contributed by atoms with E-state index in [1.807, 2.05) is 0 Å². The van der Waals surface area contributed by atoms with Gasteiger partial charge in [0.1, 0.15) is 11.5 Å². The van der Waals surface area contributed by atoms with Gasteiger partial charge in [0.15, 0.2) is 5.78 Å². The number of hydrogen-bond acceptors (Lipinski definition) is 3. The molecule has 0 atom stereocenters. The van der Waals surface area contributed by atoms with Gasteiger partial charge in [0.2, 0.25) is 0 Å². The van der Waals surface area contributed by atoms with E-state index in [1.165, 1.54) is 6.07 Å². The lowest BCUT2D eigenvalue weighted by atomic mass is 9.96. The Morgan fingerprint density at radius 3 is 2.47 bits per heavy atom. The van der Waals surface area contributed by atoms with Gasteiger partial charge in [-0.05, 0) is 17.5 Å². The van der Waals surface area contributed by atoms with Crippen molar-refractivity contribution in [2.45, 2.75) is 13.8 Å². The minimum atomic E-state index is -0.191. The second-order valence-electron chi connectivity index (χ2n) is 4.36. The number of phenolic OH excluding ortho intramolecular Hbond substituents is 2. The summed E-state index contributed by atoms with van der Waals surface area (Å²) in [5.74, 6) is -0.477. The van der Waals surface area contributed by atoms with E-state index in [9.17, 15) is 15.0 Å². The zero-order chi connectivity index (χ0) is 12.6. The molecule has 88 valence electrons. The van der Waals surface area contributed by atoms with Crippen LogP contribution in [-0.2, 0) is 0 Å². The average molecular weight is 230 g/mol. The molecule has 17 heavy (non-hydrogen) atoms. The van der Waals surface area contributed by atoms with Gasteiger partial charge in [-0.25, -0.2) is 0 Å². The Bertz CT molecular complexity index is 585. The molecule has 0 unspecified atom stereocenters. The minimum absolute atomic E-state index is 0.0154. The van der Waals surface area contributed by atoms with Crippen LogP contribution in [0.2, 0.25) is 0 Å². The number of phenols is 2. The van der Waals surface area contributed by atoms with E-state index in [0.717, 1.165) is 0 Å². The van der Waals surface area contributed by atoms with E-state index in [0.29, 0.717) is 10.8 Å². The van der Waals surface area contributed by atoms with Crippen LogP contribution in [0.15, 0.2) is 30.3 Å². The van der Waals surface area contributed by atoms with Gasteiger partial charge in [-0.15, -0.1) is 0 Å². The third-order valence-corrected chi connectivity index (χ3v) is 2.79. The summed E-state index contributed by atoms with van der Waals surface area (Å²) in [6, 6.07) is 8.29. The van der Waals surface area contributed by atoms with E-state index in [-0.39, 0.29) is 28.8 Å². The normalized spacial score (nSPS) is 11.0. The van der Waals surface area contributed by atoms with Crippen LogP contribution in [0.4, 0.5) is 0 Å². The summed E-state index contributed by atoms with van der Waals surface area (Å²) < 4.78 is 0. The van der Waals surface area contributed by atoms with Crippen molar-refractivity contribution in [2.24, 2.45) is 5.92 Å². The number of rotatable bonds is 2. The van der Waals surface area contributed by atoms with Crippen LogP contribution in [0.3, 0.4) is 0 Å². The highest BCUT2D eigenvalue weighted by molar-refractivity contribution is 6.06. The molecule has 2 aromatic carbocycles. The monoisotopic (exact) mass is 230 g/mol. The van der Waals surface area contributed by atoms with E-state index in [4.69, 9.17) is 0 Å². The summed E-state index contributed by atoms with van der Waals surface area (Å²) in [5, 5.41) is 20.8. The molecule has 0 amide bonds. The maximum absolute atomic E-state index is 11.9. The fourth-order valence-electron chi connectivity index (χ4n) is 1.85. The molecule has 0 aliphatic rings. The van der Waals surface area contributed by atoms with Crippen LogP contribution >= 0.6 is 0 Å². The first-order chi connectivity index (χ1) is 8.02. The number of carbonyl (C=O) groups excluding carboxylic acids is 1. The van der Waals surface area contributed by atoms with E-state index >= 15 is 0 Å². The van der Waals surface area contributed by atoms with Gasteiger partial charge >= 0.3 is 0 Å². The van der Waals surface area contributed by atoms with Gasteiger partial charge in [-0.2, -0.15) is 0 Å². The Morgan fingerprint density at radius 2 is 1.82 bits per heavy atom. The summed E-state index contributed by atoms with van der Waals surface area (Å²) in [6.07, 6.45) is 0. The maximum Gasteiger partial charge on any atom is 0.169 e. The fraction of sp³-hybridized carbons (Fsp3) is 0.214. The molecule has 0 saturated heterocycles. The van der Waals surface area contributed by atoms with E-state index < -0.39 is 0 Å². The van der Waals surface area contributed by atoms with Crippen molar-refractivity contribution in [2.75, 3.05) is 0 Å². The van der Waals surface area contributed by atoms with Gasteiger partial charge in [0.25, 0.3) is 0 Å². The van der Waals surface area contributed by atoms with Crippen LogP contribution in [0.1, 0.15) is 24.2 Å². The number of aromatic hydroxyl groups is 2. The topological polar surface area (TPSA) is 57.5 Å². The third kappa shape index (κ3) is 1.84. The van der Waals surface area contributed by atoms with Crippen molar-refractivity contribution < 1.29 is 15.0 Å². The molecular weight excluding hydrogens is 216 g/mol. The molecule has 0 heterocycles. The van der Waals surface area contributed by atoms with Crippen LogP contribution in [0.5, 0.6) is 11.5 Å². The van der Waals surface area contributed by atoms with Gasteiger partial charge in [0, 0.05) is 5.92 Å². The zero-order valence-corrected chi connectivity index (χ0v) is 9.77. The number of ketones is 1. The molecule has 0 saturated carbocycles. The molecule has 2 aromatic rings. The maximum atomic E-state index is 11.9. The molecule has 2 N–H and O–H groups in total. The SMILES string of the molecule is CC(C)C(=O)c1ccc2cccc(O)c2c1O. The second kappa shape index (κ2) is 4.09. The quantitative estimate of drug-likeness (QED) is 0.779. The highest BCUT2D eigenvalue weighted by atomic mass is 16.3. The Labute approximate surface area is 99.3 Å². The highest BCUT2D eigenvalue weighted by Gasteiger charge is 2.17. The zero-order valence-electron chi connectivity index (χ0n) is 9.77. The van der Waals surface area contributed by atoms with Crippen molar-refractivity contribution in [3.05, 3.63) is 35.9 Å². The van der Waals surface area contributed by atoms with Crippen molar-refractivity contribution in [1.29, 1.82) is 0 Å². The third-order valence-electron chi connectivity index (χ3n) is 2.79. The molecule has 0 aliphatic heterocycles. The van der Waals surface area contributed by atoms with Crippen LogP contribution in [0.25, 0.3) is 10.8 Å². The van der Waals surface area contributed by atoms with Crippen molar-refractivity contribution >= 4 is 16.6 Å². The Hall–Kier alpha value is -2.03. The first-order valence-electron chi connectivity index (χ1n) is 5.50. The first-order valence-corrected chi connectivity index (χ1v) is 5.50. The number of fused-ring (bicyclic) bond motifs is 1. The number of Topliss-reactive ketones (excluding diaryl/α,β-unsaturated/α-hetero) is 1. The molecular formula is C14H14O3. The number of benzene rings is 2. The molecule has 0 spiro atoms. The van der Waals surface area contributed by atoms with Crippen molar-refractivity contribution in [3.63, 3.8) is 0 Å². The van der Waals surface area contributed by atoms with Gasteiger partial charge in [-0.1, -0.05) is 32.0 Å². The molecule has 3 nitrogen and oxygen atoms in total. The summed E-state index contributed by atoms with van der Waals surface area (Å²) in [6.45, 7) is 3.55. The molecule has 0 bridgehead atoms. The summed E-state index contributed by atoms with van der Waals surface area (Å²) in [4.78, 5) is 11.9. The Morgan fingerprint density at radius 1 is 1.12 bits per heavy atom. The van der Waals surface area contributed by atoms with Gasteiger partial charge in [0.05, 0.1) is 10.9 Å². The molecule has 2 rings (SSSR count). The number of hydrogen-bond donors (Lipinski definition) is 2. The largest absolute Gasteiger partial charge is 0.507 e. The number of carbonyl (C=O) groups is 1. The Kier molecular flexibility index (Phi) is 2.76. The summed E-state index contributed by atoms with van der Waals surface area (Å²) in [5.41, 5.74) is 0.258. The second-order valence-corrected chi connectivity index (χ2v) is 4.36. The molecule has 0 fully saturated rings. The van der Waals surface area contributed by atoms with Crippen LogP contribution in [-0.4, -0.2) is 16.0 Å². The Balaban J connectivity index is 2.73. The summed E-state index contributed by atoms with van der Waals surface area (Å²) >= 11 is 0. The molecule has 0 radical (unpaired) electrons. The van der Waals surface area contributed by atoms with Gasteiger partial charge in [-0.3, -0.25) is 4.79 Å². The van der Waals surface area contributed by atoms with Crippen molar-refractivity contribution in [3.8, 4) is 11.5 Å². The molecule has 0 aromatic heterocycles. The van der Waals surface area contributed by atoms with E-state index in [2.05, 4.69) is 0 Å². The lowest BCUT2D eigenvalue weighted by Crippen LogP contribution is -2.07. The van der Waals surface area contributed by atoms with E-state index in [1.54, 1.807) is 38.1 Å². The smallest absolute Gasteiger partial charge is 0.169 e. The predicted molar refractivity (Wildman–Crippen MR) is 66.4 cm³/mol. The summed E-state index contributed by atoms with van der Waals surface area (Å²) in [7, 11) is 0. The molecule has 0 aliphatic carbocycles. The minimum Gasteiger partial charge on any atom is -0.507 e. The van der Waals surface area contributed by atoms with Crippen molar-refractivity contribution in [1.82, 2.24) is 0 Å². The van der Waals surface area contributed by atoms with Crippen LogP contribution in [0, 0.1) is 5.92 Å². The lowest BCUT2D eigenvalue weighted by Gasteiger charge is -2.10. The van der Waals surface area contributed by atoms with Gasteiger partial charge < -0.3 is 10.2 Å².